The Balaban J connectivity index is 1.22. The molecule has 53 heavy (non-hydrogen) atoms. The molecule has 4 unspecified atom stereocenters. The van der Waals surface area contributed by atoms with Crippen LogP contribution in [0.1, 0.15) is 75.5 Å². The number of β-amino-alcohol motifs (C(OH)–C–C–N with tert-alkyl or cyclic N) is 1. The molecule has 0 radical (unpaired) electrons. The van der Waals surface area contributed by atoms with Crippen LogP contribution in [0.15, 0.2) is 91.3 Å². The van der Waals surface area contributed by atoms with E-state index >= 15 is 0 Å². The van der Waals surface area contributed by atoms with Crippen molar-refractivity contribution in [2.45, 2.75) is 101 Å². The fourth-order valence-corrected chi connectivity index (χ4v) is 7.84. The largest absolute Gasteiger partial charge is 0.390 e. The molecule has 1 aliphatic heterocycles. The first kappa shape index (κ1) is 40.0. The molecule has 1 saturated heterocycles. The third kappa shape index (κ3) is 12.5. The van der Waals surface area contributed by atoms with E-state index in [0.29, 0.717) is 25.1 Å². The molecule has 3 heterocycles. The maximum absolute atomic E-state index is 13.7. The summed E-state index contributed by atoms with van der Waals surface area (Å²) >= 11 is 1.84. The fraction of sp³-hybridized carbons (Fsp3) is 0.452. The molecule has 0 spiro atoms. The lowest BCUT2D eigenvalue weighted by Crippen LogP contribution is -2.59. The van der Waals surface area contributed by atoms with Crippen LogP contribution in [0.3, 0.4) is 0 Å². The number of hydrogen-bond donors (Lipinski definition) is 4. The van der Waals surface area contributed by atoms with E-state index in [-0.39, 0.29) is 42.4 Å². The SMILES string of the molecule is CC(C)(C)NC(=O)C1CC(SCc2cccnc2)CCN1CC(O)C(Cc1ccccc1)NC(=O)CNC(C)(C)CC(=O)c1ccc2ccccc2n1. The number of Topliss-reactive ketones (excluding diaryl/α,β-unsaturated/α-hetero) is 1. The highest BCUT2D eigenvalue weighted by molar-refractivity contribution is 7.99. The summed E-state index contributed by atoms with van der Waals surface area (Å²) in [5, 5.41) is 22.5. The first-order chi connectivity index (χ1) is 25.2. The van der Waals surface area contributed by atoms with Gasteiger partial charge in [-0.2, -0.15) is 11.8 Å². The minimum absolute atomic E-state index is 0.0421. The molecule has 11 heteroatoms. The van der Waals surface area contributed by atoms with Crippen molar-refractivity contribution in [3.63, 3.8) is 0 Å². The number of fused-ring (bicyclic) bond motifs is 1. The van der Waals surface area contributed by atoms with Gasteiger partial charge < -0.3 is 21.1 Å². The molecule has 1 aliphatic rings. The molecule has 5 rings (SSSR count). The van der Waals surface area contributed by atoms with Crippen LogP contribution in [0.25, 0.3) is 10.9 Å². The van der Waals surface area contributed by atoms with Crippen LogP contribution in [-0.4, -0.2) is 91.7 Å². The lowest BCUT2D eigenvalue weighted by molar-refractivity contribution is -0.130. The number of aliphatic hydroxyl groups is 1. The number of para-hydroxylation sites is 1. The highest BCUT2D eigenvalue weighted by atomic mass is 32.2. The number of benzene rings is 2. The van der Waals surface area contributed by atoms with Gasteiger partial charge in [0.2, 0.25) is 11.8 Å². The van der Waals surface area contributed by atoms with Crippen molar-refractivity contribution in [1.82, 2.24) is 30.8 Å². The lowest BCUT2D eigenvalue weighted by atomic mass is 9.95. The number of nitrogens with one attached hydrogen (secondary N) is 3. The monoisotopic (exact) mass is 738 g/mol. The Kier molecular flexibility index (Phi) is 13.8. The van der Waals surface area contributed by atoms with Crippen LogP contribution < -0.4 is 16.0 Å². The van der Waals surface area contributed by atoms with Crippen molar-refractivity contribution < 1.29 is 19.5 Å². The predicted molar refractivity (Wildman–Crippen MR) is 213 cm³/mol. The van der Waals surface area contributed by atoms with Gasteiger partial charge in [0.25, 0.3) is 0 Å². The van der Waals surface area contributed by atoms with Crippen LogP contribution in [0.5, 0.6) is 0 Å². The minimum atomic E-state index is -0.947. The van der Waals surface area contributed by atoms with Gasteiger partial charge in [-0.25, -0.2) is 4.98 Å². The number of thioether (sulfide) groups is 1. The molecule has 4 aromatic rings. The Hall–Kier alpha value is -4.16. The summed E-state index contributed by atoms with van der Waals surface area (Å²) in [6.45, 7) is 10.5. The van der Waals surface area contributed by atoms with Crippen LogP contribution in [0, 0.1) is 0 Å². The van der Waals surface area contributed by atoms with E-state index in [1.165, 1.54) is 0 Å². The summed E-state index contributed by atoms with van der Waals surface area (Å²) in [6, 6.07) is 24.0. The molecule has 4 atom stereocenters. The third-order valence-corrected chi connectivity index (χ3v) is 10.8. The Morgan fingerprint density at radius 1 is 0.943 bits per heavy atom. The molecular formula is C42H54N6O4S. The first-order valence-electron chi connectivity index (χ1n) is 18.5. The summed E-state index contributed by atoms with van der Waals surface area (Å²) in [6.07, 6.45) is 4.79. The van der Waals surface area contributed by atoms with Gasteiger partial charge in [0.15, 0.2) is 5.78 Å². The zero-order valence-corrected chi connectivity index (χ0v) is 32.4. The van der Waals surface area contributed by atoms with E-state index in [9.17, 15) is 19.5 Å². The van der Waals surface area contributed by atoms with Gasteiger partial charge in [-0.1, -0.05) is 60.7 Å². The lowest BCUT2D eigenvalue weighted by Gasteiger charge is -2.41. The molecule has 2 aromatic carbocycles. The Morgan fingerprint density at radius 2 is 1.68 bits per heavy atom. The summed E-state index contributed by atoms with van der Waals surface area (Å²) in [5.74, 6) is 0.358. The number of aliphatic hydroxyl groups excluding tert-OH is 1. The van der Waals surface area contributed by atoms with Gasteiger partial charge in [0.1, 0.15) is 5.69 Å². The van der Waals surface area contributed by atoms with E-state index < -0.39 is 29.3 Å². The predicted octanol–water partition coefficient (Wildman–Crippen LogP) is 5.34. The zero-order valence-electron chi connectivity index (χ0n) is 31.5. The average molecular weight is 739 g/mol. The fourth-order valence-electron chi connectivity index (χ4n) is 6.65. The summed E-state index contributed by atoms with van der Waals surface area (Å²) in [5.41, 5.74) is 2.18. The van der Waals surface area contributed by atoms with Crippen molar-refractivity contribution in [1.29, 1.82) is 0 Å². The number of amides is 2. The Labute approximate surface area is 318 Å². The highest BCUT2D eigenvalue weighted by Gasteiger charge is 2.37. The standard InChI is InChI=1S/C42H54N6O4S/c1-41(2,3)47-40(52)36-23-32(53-28-30-14-11-20-43-25-30)19-21-48(36)27-38(50)35(22-29-12-7-6-8-13-29)46-39(51)26-44-42(4,5)24-37(49)34-18-17-31-15-9-10-16-33(31)45-34/h6-18,20,25,32,35-36,38,44,50H,19,21-24,26-28H2,1-5H3,(H,46,51)(H,47,52). The van der Waals surface area contributed by atoms with E-state index in [4.69, 9.17) is 0 Å². The van der Waals surface area contributed by atoms with Crippen molar-refractivity contribution >= 4 is 40.3 Å². The maximum atomic E-state index is 13.7. The summed E-state index contributed by atoms with van der Waals surface area (Å²) in [7, 11) is 0. The van der Waals surface area contributed by atoms with Crippen LogP contribution >= 0.6 is 11.8 Å². The van der Waals surface area contributed by atoms with E-state index in [1.54, 1.807) is 12.3 Å². The molecule has 2 aromatic heterocycles. The molecule has 0 bridgehead atoms. The quantitative estimate of drug-likeness (QED) is 0.112. The molecule has 0 aliphatic carbocycles. The second kappa shape index (κ2) is 18.2. The van der Waals surface area contributed by atoms with Gasteiger partial charge >= 0.3 is 0 Å². The number of pyridine rings is 2. The normalized spacial score (nSPS) is 17.9. The first-order valence-corrected chi connectivity index (χ1v) is 19.5. The van der Waals surface area contributed by atoms with Crippen LogP contribution in [-0.2, 0) is 21.8 Å². The van der Waals surface area contributed by atoms with Crippen molar-refractivity contribution in [3.8, 4) is 0 Å². The van der Waals surface area contributed by atoms with Gasteiger partial charge in [0.05, 0.1) is 30.2 Å². The van der Waals surface area contributed by atoms with E-state index in [2.05, 4.69) is 36.9 Å². The van der Waals surface area contributed by atoms with Crippen molar-refractivity contribution in [2.24, 2.45) is 0 Å². The Bertz CT molecular complexity index is 1820. The number of likely N-dealkylation sites (tertiary alicyclic amines) is 1. The Morgan fingerprint density at radius 3 is 2.42 bits per heavy atom. The molecule has 0 saturated carbocycles. The number of carbonyl (C=O) groups excluding carboxylic acids is 3. The number of rotatable bonds is 16. The topological polar surface area (TPSA) is 137 Å². The number of hydrogen-bond acceptors (Lipinski definition) is 9. The number of nitrogens with zero attached hydrogens (tertiary/aromatic N) is 3. The molecule has 282 valence electrons. The summed E-state index contributed by atoms with van der Waals surface area (Å²) in [4.78, 5) is 51.3. The minimum Gasteiger partial charge on any atom is -0.390 e. The van der Waals surface area contributed by atoms with Gasteiger partial charge in [-0.15, -0.1) is 0 Å². The van der Waals surface area contributed by atoms with Gasteiger partial charge in [-0.3, -0.25) is 24.3 Å². The molecule has 2 amide bonds. The van der Waals surface area contributed by atoms with Crippen LogP contribution in [0.4, 0.5) is 0 Å². The third-order valence-electron chi connectivity index (χ3n) is 9.42. The number of aromatic nitrogens is 2. The second-order valence-corrected chi connectivity index (χ2v) is 17.0. The molecule has 10 nitrogen and oxygen atoms in total. The molecule has 4 N–H and O–H groups in total. The number of carbonyl (C=O) groups is 3. The van der Waals surface area contributed by atoms with Crippen molar-refractivity contribution in [3.05, 3.63) is 108 Å². The number of piperidine rings is 1. The van der Waals surface area contributed by atoms with Gasteiger partial charge in [-0.05, 0) is 83.2 Å². The van der Waals surface area contributed by atoms with Crippen molar-refractivity contribution in [2.75, 3.05) is 19.6 Å². The molecule has 1 fully saturated rings. The smallest absolute Gasteiger partial charge is 0.237 e. The maximum Gasteiger partial charge on any atom is 0.237 e. The van der Waals surface area contributed by atoms with E-state index in [0.717, 1.165) is 34.2 Å². The van der Waals surface area contributed by atoms with Gasteiger partial charge in [0, 0.05) is 59.4 Å². The zero-order chi connectivity index (χ0) is 38.0. The highest BCUT2D eigenvalue weighted by Crippen LogP contribution is 2.30. The summed E-state index contributed by atoms with van der Waals surface area (Å²) < 4.78 is 0. The van der Waals surface area contributed by atoms with Crippen LogP contribution in [0.2, 0.25) is 0 Å². The average Bonchev–Trinajstić information content (AvgIpc) is 3.13. The van der Waals surface area contributed by atoms with E-state index in [1.807, 2.05) is 119 Å². The second-order valence-electron chi connectivity index (χ2n) is 15.7. The molecular weight excluding hydrogens is 685 g/mol. The number of ketones is 1.